The van der Waals surface area contributed by atoms with E-state index in [0.717, 1.165) is 58.4 Å². The van der Waals surface area contributed by atoms with Crippen LogP contribution in [0, 0.1) is 0 Å². The molecule has 0 saturated carbocycles. The maximum absolute atomic E-state index is 9.64. The van der Waals surface area contributed by atoms with Crippen LogP contribution in [0.5, 0.6) is 0 Å². The largest absolute Gasteiger partial charge is 0.392 e. The highest BCUT2D eigenvalue weighted by Gasteiger charge is 2.20. The van der Waals surface area contributed by atoms with Crippen LogP contribution in [0.1, 0.15) is 11.1 Å². The third-order valence-electron chi connectivity index (χ3n) is 6.47. The van der Waals surface area contributed by atoms with Crippen LogP contribution in [0.25, 0.3) is 33.2 Å². The Bertz CT molecular complexity index is 1460. The maximum atomic E-state index is 9.64. The molecule has 1 aliphatic rings. The Morgan fingerprint density at radius 1 is 0.824 bits per heavy atom. The number of aliphatic hydroxyl groups excluding tert-OH is 1. The van der Waals surface area contributed by atoms with Crippen LogP contribution in [-0.4, -0.2) is 45.9 Å². The first kappa shape index (κ1) is 20.8. The second kappa shape index (κ2) is 8.89. The van der Waals surface area contributed by atoms with Crippen molar-refractivity contribution in [2.24, 2.45) is 0 Å². The standard InChI is InChI=1S/C28H26N4O2/c33-19-21-7-4-8-22(17-21)27-29-26-23-11-12-32(18-20-5-2-1-3-6-20)25(23)10-9-24(26)28(30-27)31-13-15-34-16-14-31/h1-12,17,33H,13-16,18-19H2. The van der Waals surface area contributed by atoms with Gasteiger partial charge in [-0.05, 0) is 35.4 Å². The summed E-state index contributed by atoms with van der Waals surface area (Å²) in [4.78, 5) is 12.4. The van der Waals surface area contributed by atoms with Crippen molar-refractivity contribution in [2.45, 2.75) is 13.2 Å². The van der Waals surface area contributed by atoms with E-state index in [-0.39, 0.29) is 6.61 Å². The summed E-state index contributed by atoms with van der Waals surface area (Å²) in [5, 5.41) is 11.8. The monoisotopic (exact) mass is 450 g/mol. The summed E-state index contributed by atoms with van der Waals surface area (Å²) < 4.78 is 7.86. The molecule has 6 nitrogen and oxygen atoms in total. The highest BCUT2D eigenvalue weighted by molar-refractivity contribution is 6.08. The van der Waals surface area contributed by atoms with Gasteiger partial charge in [-0.3, -0.25) is 0 Å². The minimum absolute atomic E-state index is 0.00960. The van der Waals surface area contributed by atoms with Crippen LogP contribution in [-0.2, 0) is 17.9 Å². The van der Waals surface area contributed by atoms with Crippen LogP contribution >= 0.6 is 0 Å². The molecule has 0 atom stereocenters. The van der Waals surface area contributed by atoms with Crippen molar-refractivity contribution >= 4 is 27.6 Å². The molecule has 0 aliphatic carbocycles. The van der Waals surface area contributed by atoms with E-state index in [1.165, 1.54) is 5.56 Å². The van der Waals surface area contributed by atoms with Gasteiger partial charge in [-0.1, -0.05) is 48.5 Å². The lowest BCUT2D eigenvalue weighted by Gasteiger charge is -2.29. The second-order valence-corrected chi connectivity index (χ2v) is 8.65. The van der Waals surface area contributed by atoms with Crippen LogP contribution in [0.2, 0.25) is 0 Å². The lowest BCUT2D eigenvalue weighted by Crippen LogP contribution is -2.37. The van der Waals surface area contributed by atoms with Crippen molar-refractivity contribution in [2.75, 3.05) is 31.2 Å². The normalized spacial score (nSPS) is 14.2. The summed E-state index contributed by atoms with van der Waals surface area (Å²) >= 11 is 0. The van der Waals surface area contributed by atoms with E-state index in [2.05, 4.69) is 58.1 Å². The van der Waals surface area contributed by atoms with Crippen molar-refractivity contribution < 1.29 is 9.84 Å². The van der Waals surface area contributed by atoms with Gasteiger partial charge in [0.05, 0.1) is 30.9 Å². The molecule has 170 valence electrons. The first-order valence-electron chi connectivity index (χ1n) is 11.7. The fraction of sp³-hybridized carbons (Fsp3) is 0.214. The number of rotatable bonds is 5. The molecule has 0 spiro atoms. The number of aliphatic hydroxyl groups is 1. The number of anilines is 1. The van der Waals surface area contributed by atoms with Crippen LogP contribution in [0.15, 0.2) is 79.0 Å². The van der Waals surface area contributed by atoms with Gasteiger partial charge in [0.15, 0.2) is 5.82 Å². The predicted octanol–water partition coefficient (Wildman–Crippen LogP) is 4.63. The Kier molecular flexibility index (Phi) is 5.45. The topological polar surface area (TPSA) is 63.4 Å². The van der Waals surface area contributed by atoms with Gasteiger partial charge in [0.1, 0.15) is 5.82 Å². The van der Waals surface area contributed by atoms with Crippen LogP contribution < -0.4 is 4.90 Å². The summed E-state index contributed by atoms with van der Waals surface area (Å²) in [5.74, 6) is 1.61. The summed E-state index contributed by atoms with van der Waals surface area (Å²) in [6.45, 7) is 3.78. The molecule has 6 heteroatoms. The van der Waals surface area contributed by atoms with Gasteiger partial charge >= 0.3 is 0 Å². The molecule has 6 rings (SSSR count). The predicted molar refractivity (Wildman–Crippen MR) is 135 cm³/mol. The Morgan fingerprint density at radius 3 is 2.47 bits per heavy atom. The van der Waals surface area contributed by atoms with Crippen LogP contribution in [0.3, 0.4) is 0 Å². The molecule has 0 unspecified atom stereocenters. The molecular formula is C28H26N4O2. The number of benzene rings is 3. The smallest absolute Gasteiger partial charge is 0.162 e. The fourth-order valence-corrected chi connectivity index (χ4v) is 4.72. The number of hydrogen-bond acceptors (Lipinski definition) is 5. The molecule has 1 aliphatic heterocycles. The van der Waals surface area contributed by atoms with Crippen molar-refractivity contribution in [1.82, 2.24) is 14.5 Å². The highest BCUT2D eigenvalue weighted by Crippen LogP contribution is 2.33. The molecule has 1 fully saturated rings. The van der Waals surface area contributed by atoms with E-state index in [4.69, 9.17) is 14.7 Å². The number of ether oxygens (including phenoxy) is 1. The molecule has 0 radical (unpaired) electrons. The zero-order valence-electron chi connectivity index (χ0n) is 18.9. The average Bonchev–Trinajstić information content (AvgIpc) is 3.32. The van der Waals surface area contributed by atoms with Gasteiger partial charge in [0.25, 0.3) is 0 Å². The number of morpholine rings is 1. The molecule has 0 bridgehead atoms. The number of hydrogen-bond donors (Lipinski definition) is 1. The minimum Gasteiger partial charge on any atom is -0.392 e. The van der Waals surface area contributed by atoms with Gasteiger partial charge in [-0.25, -0.2) is 9.97 Å². The zero-order chi connectivity index (χ0) is 22.9. The SMILES string of the molecule is OCc1cccc(-c2nc(N3CCOCC3)c3ccc4c(ccn4Cc4ccccc4)c3n2)c1. The summed E-state index contributed by atoms with van der Waals surface area (Å²) in [7, 11) is 0. The van der Waals surface area contributed by atoms with E-state index in [1.54, 1.807) is 0 Å². The molecule has 1 saturated heterocycles. The maximum Gasteiger partial charge on any atom is 0.162 e. The first-order valence-corrected chi connectivity index (χ1v) is 11.7. The number of aromatic nitrogens is 3. The molecule has 1 N–H and O–H groups in total. The Morgan fingerprint density at radius 2 is 1.65 bits per heavy atom. The molecule has 34 heavy (non-hydrogen) atoms. The summed E-state index contributed by atoms with van der Waals surface area (Å²) in [5.41, 5.74) is 5.12. The van der Waals surface area contributed by atoms with Gasteiger partial charge < -0.3 is 19.3 Å². The third kappa shape index (κ3) is 3.81. The van der Waals surface area contributed by atoms with Gasteiger partial charge in [0.2, 0.25) is 0 Å². The Labute approximate surface area is 198 Å². The number of nitrogens with zero attached hydrogens (tertiary/aromatic N) is 4. The van der Waals surface area contributed by atoms with Gasteiger partial charge in [-0.15, -0.1) is 0 Å². The second-order valence-electron chi connectivity index (χ2n) is 8.65. The third-order valence-corrected chi connectivity index (χ3v) is 6.47. The molecular weight excluding hydrogens is 424 g/mol. The van der Waals surface area contributed by atoms with Crippen molar-refractivity contribution in [3.8, 4) is 11.4 Å². The Balaban J connectivity index is 1.54. The molecule has 3 aromatic carbocycles. The van der Waals surface area contributed by atoms with E-state index < -0.39 is 0 Å². The lowest BCUT2D eigenvalue weighted by atomic mass is 10.1. The van der Waals surface area contributed by atoms with Gasteiger partial charge in [-0.2, -0.15) is 0 Å². The quantitative estimate of drug-likeness (QED) is 0.423. The Hall–Kier alpha value is -3.74. The highest BCUT2D eigenvalue weighted by atomic mass is 16.5. The first-order chi connectivity index (χ1) is 16.8. The molecule has 2 aromatic heterocycles. The molecule has 0 amide bonds. The van der Waals surface area contributed by atoms with E-state index in [0.29, 0.717) is 19.0 Å². The van der Waals surface area contributed by atoms with E-state index >= 15 is 0 Å². The molecule has 3 heterocycles. The van der Waals surface area contributed by atoms with E-state index in [1.807, 2.05) is 30.3 Å². The summed E-state index contributed by atoms with van der Waals surface area (Å²) in [6, 6.07) is 24.8. The van der Waals surface area contributed by atoms with Crippen LogP contribution in [0.4, 0.5) is 5.82 Å². The summed E-state index contributed by atoms with van der Waals surface area (Å²) in [6.07, 6.45) is 2.14. The van der Waals surface area contributed by atoms with Gasteiger partial charge in [0, 0.05) is 42.2 Å². The van der Waals surface area contributed by atoms with Crippen molar-refractivity contribution in [3.63, 3.8) is 0 Å². The molecule has 5 aromatic rings. The van der Waals surface area contributed by atoms with Crippen molar-refractivity contribution in [3.05, 3.63) is 90.1 Å². The van der Waals surface area contributed by atoms with E-state index in [9.17, 15) is 5.11 Å². The van der Waals surface area contributed by atoms with Crippen molar-refractivity contribution in [1.29, 1.82) is 0 Å². The lowest BCUT2D eigenvalue weighted by molar-refractivity contribution is 0.122. The fourth-order valence-electron chi connectivity index (χ4n) is 4.72. The average molecular weight is 451 g/mol. The number of fused-ring (bicyclic) bond motifs is 3. The minimum atomic E-state index is -0.00960. The zero-order valence-corrected chi connectivity index (χ0v) is 18.9.